The van der Waals surface area contributed by atoms with Crippen LogP contribution in [-0.2, 0) is 0 Å². The smallest absolute Gasteiger partial charge is 0.251 e. The van der Waals surface area contributed by atoms with E-state index in [1.54, 1.807) is 24.3 Å². The summed E-state index contributed by atoms with van der Waals surface area (Å²) in [6.07, 6.45) is 6.54. The second-order valence-corrected chi connectivity index (χ2v) is 3.68. The third-order valence-electron chi connectivity index (χ3n) is 2.47. The molecule has 1 rings (SSSR count). The Labute approximate surface area is 101 Å². The fourth-order valence-electron chi connectivity index (χ4n) is 1.40. The monoisotopic (exact) mass is 226 g/mol. The molecule has 1 aromatic rings. The molecule has 0 saturated heterocycles. The van der Waals surface area contributed by atoms with E-state index in [1.165, 1.54) is 0 Å². The highest BCUT2D eigenvalue weighted by Crippen LogP contribution is 2.05. The van der Waals surface area contributed by atoms with Crippen molar-refractivity contribution < 1.29 is 4.79 Å². The molecule has 0 heterocycles. The molecule has 0 aromatic heterocycles. The molecule has 0 radical (unpaired) electrons. The highest BCUT2D eigenvalue weighted by atomic mass is 16.1. The summed E-state index contributed by atoms with van der Waals surface area (Å²) in [6.45, 7) is 1.97. The molecule has 0 aliphatic carbocycles. The molecule has 1 aromatic carbocycles. The summed E-state index contributed by atoms with van der Waals surface area (Å²) in [5.41, 5.74) is 1.08. The molecule has 0 aliphatic rings. The van der Waals surface area contributed by atoms with Crippen molar-refractivity contribution in [2.24, 2.45) is 0 Å². The van der Waals surface area contributed by atoms with Gasteiger partial charge in [0.1, 0.15) is 0 Å². The van der Waals surface area contributed by atoms with Gasteiger partial charge in [-0.1, -0.05) is 6.92 Å². The predicted molar refractivity (Wildman–Crippen MR) is 66.2 cm³/mol. The SMILES string of the molecule is C#CCC(CC)NC(=O)c1ccc(C#N)cc1. The van der Waals surface area contributed by atoms with Crippen LogP contribution in [0.15, 0.2) is 24.3 Å². The van der Waals surface area contributed by atoms with Crippen molar-refractivity contribution in [1.82, 2.24) is 5.32 Å². The lowest BCUT2D eigenvalue weighted by atomic mass is 10.1. The minimum Gasteiger partial charge on any atom is -0.348 e. The number of rotatable bonds is 4. The van der Waals surface area contributed by atoms with E-state index >= 15 is 0 Å². The maximum Gasteiger partial charge on any atom is 0.251 e. The van der Waals surface area contributed by atoms with Crippen LogP contribution in [0.2, 0.25) is 0 Å². The summed E-state index contributed by atoms with van der Waals surface area (Å²) in [5.74, 6) is 2.38. The first kappa shape index (κ1) is 12.8. The van der Waals surface area contributed by atoms with Gasteiger partial charge in [-0.2, -0.15) is 5.26 Å². The zero-order chi connectivity index (χ0) is 12.7. The third kappa shape index (κ3) is 3.66. The van der Waals surface area contributed by atoms with Gasteiger partial charge < -0.3 is 5.32 Å². The lowest BCUT2D eigenvalue weighted by Gasteiger charge is -2.14. The lowest BCUT2D eigenvalue weighted by molar-refractivity contribution is 0.0936. The summed E-state index contributed by atoms with van der Waals surface area (Å²) in [6, 6.07) is 8.52. The standard InChI is InChI=1S/C14H14N2O/c1-3-5-13(4-2)16-14(17)12-8-6-11(10-15)7-9-12/h1,6-9,13H,4-5H2,2H3,(H,16,17). The second kappa shape index (κ2) is 6.35. The maximum atomic E-state index is 11.8. The Morgan fingerprint density at radius 3 is 2.59 bits per heavy atom. The summed E-state index contributed by atoms with van der Waals surface area (Å²) < 4.78 is 0. The van der Waals surface area contributed by atoms with E-state index in [2.05, 4.69) is 11.2 Å². The molecule has 3 nitrogen and oxygen atoms in total. The number of nitriles is 1. The summed E-state index contributed by atoms with van der Waals surface area (Å²) in [7, 11) is 0. The molecule has 86 valence electrons. The van der Waals surface area contributed by atoms with Gasteiger partial charge in [-0.25, -0.2) is 0 Å². The molecule has 0 aliphatic heterocycles. The van der Waals surface area contributed by atoms with Crippen LogP contribution in [0.25, 0.3) is 0 Å². The van der Waals surface area contributed by atoms with Crippen LogP contribution in [0.1, 0.15) is 35.7 Å². The van der Waals surface area contributed by atoms with E-state index in [9.17, 15) is 4.79 Å². The highest BCUT2D eigenvalue weighted by Gasteiger charge is 2.10. The first-order valence-electron chi connectivity index (χ1n) is 5.45. The minimum absolute atomic E-state index is 0.00291. The van der Waals surface area contributed by atoms with E-state index in [4.69, 9.17) is 11.7 Å². The topological polar surface area (TPSA) is 52.9 Å². The van der Waals surface area contributed by atoms with E-state index in [0.717, 1.165) is 6.42 Å². The van der Waals surface area contributed by atoms with Crippen LogP contribution >= 0.6 is 0 Å². The Balaban J connectivity index is 2.70. The van der Waals surface area contributed by atoms with Gasteiger partial charge in [-0.05, 0) is 30.7 Å². The Morgan fingerprint density at radius 1 is 1.47 bits per heavy atom. The van der Waals surface area contributed by atoms with Gasteiger partial charge in [-0.15, -0.1) is 12.3 Å². The Hall–Kier alpha value is -2.26. The number of carbonyl (C=O) groups is 1. The first-order chi connectivity index (χ1) is 8.21. The van der Waals surface area contributed by atoms with Crippen molar-refractivity contribution in [3.8, 4) is 18.4 Å². The zero-order valence-corrected chi connectivity index (χ0v) is 9.73. The minimum atomic E-state index is -0.156. The van der Waals surface area contributed by atoms with E-state index < -0.39 is 0 Å². The Bertz CT molecular complexity index is 462. The second-order valence-electron chi connectivity index (χ2n) is 3.68. The van der Waals surface area contributed by atoms with Crippen LogP contribution in [0.5, 0.6) is 0 Å². The van der Waals surface area contributed by atoms with Crippen molar-refractivity contribution in [2.45, 2.75) is 25.8 Å². The fraction of sp³-hybridized carbons (Fsp3) is 0.286. The van der Waals surface area contributed by atoms with Crippen molar-refractivity contribution in [3.63, 3.8) is 0 Å². The number of carbonyl (C=O) groups excluding carboxylic acids is 1. The lowest BCUT2D eigenvalue weighted by Crippen LogP contribution is -2.34. The van der Waals surface area contributed by atoms with Crippen LogP contribution in [0.3, 0.4) is 0 Å². The van der Waals surface area contributed by atoms with Crippen LogP contribution in [0, 0.1) is 23.7 Å². The molecule has 1 unspecified atom stereocenters. The summed E-state index contributed by atoms with van der Waals surface area (Å²) in [5, 5.41) is 11.5. The molecule has 0 fully saturated rings. The average Bonchev–Trinajstić information content (AvgIpc) is 2.38. The first-order valence-corrected chi connectivity index (χ1v) is 5.45. The molecular weight excluding hydrogens is 212 g/mol. The number of nitrogens with zero attached hydrogens (tertiary/aromatic N) is 1. The molecule has 1 N–H and O–H groups in total. The summed E-state index contributed by atoms with van der Waals surface area (Å²) in [4.78, 5) is 11.8. The quantitative estimate of drug-likeness (QED) is 0.799. The van der Waals surface area contributed by atoms with Gasteiger partial charge in [0.05, 0.1) is 11.6 Å². The largest absolute Gasteiger partial charge is 0.348 e. The van der Waals surface area contributed by atoms with Gasteiger partial charge in [0.15, 0.2) is 0 Å². The number of nitrogens with one attached hydrogen (secondary N) is 1. The van der Waals surface area contributed by atoms with Gasteiger partial charge in [-0.3, -0.25) is 4.79 Å². The highest BCUT2D eigenvalue weighted by molar-refractivity contribution is 5.94. The zero-order valence-electron chi connectivity index (χ0n) is 9.73. The normalized spacial score (nSPS) is 11.0. The molecular formula is C14H14N2O. The van der Waals surface area contributed by atoms with Crippen molar-refractivity contribution in [1.29, 1.82) is 5.26 Å². The molecule has 1 amide bonds. The van der Waals surface area contributed by atoms with Crippen molar-refractivity contribution >= 4 is 5.91 Å². The van der Waals surface area contributed by atoms with Crippen LogP contribution < -0.4 is 5.32 Å². The maximum absolute atomic E-state index is 11.8. The average molecular weight is 226 g/mol. The van der Waals surface area contributed by atoms with Crippen LogP contribution in [0.4, 0.5) is 0 Å². The molecule has 1 atom stereocenters. The molecule has 0 bridgehead atoms. The Kier molecular flexibility index (Phi) is 4.78. The molecule has 0 spiro atoms. The van der Waals surface area contributed by atoms with Gasteiger partial charge in [0.2, 0.25) is 0 Å². The number of benzene rings is 1. The van der Waals surface area contributed by atoms with Gasteiger partial charge in [0, 0.05) is 18.0 Å². The Morgan fingerprint density at radius 2 is 2.12 bits per heavy atom. The summed E-state index contributed by atoms with van der Waals surface area (Å²) >= 11 is 0. The number of hydrogen-bond acceptors (Lipinski definition) is 2. The van der Waals surface area contributed by atoms with Gasteiger partial charge >= 0.3 is 0 Å². The van der Waals surface area contributed by atoms with E-state index in [-0.39, 0.29) is 11.9 Å². The molecule has 3 heteroatoms. The van der Waals surface area contributed by atoms with Gasteiger partial charge in [0.25, 0.3) is 5.91 Å². The fourth-order valence-corrected chi connectivity index (χ4v) is 1.40. The molecule has 17 heavy (non-hydrogen) atoms. The van der Waals surface area contributed by atoms with Crippen molar-refractivity contribution in [3.05, 3.63) is 35.4 Å². The van der Waals surface area contributed by atoms with Crippen molar-refractivity contribution in [2.75, 3.05) is 0 Å². The third-order valence-corrected chi connectivity index (χ3v) is 2.47. The number of terminal acetylenes is 1. The predicted octanol–water partition coefficient (Wildman–Crippen LogP) is 2.09. The number of hydrogen-bond donors (Lipinski definition) is 1. The van der Waals surface area contributed by atoms with E-state index in [1.807, 2.05) is 13.0 Å². The molecule has 0 saturated carbocycles. The number of amides is 1. The van der Waals surface area contributed by atoms with E-state index in [0.29, 0.717) is 17.5 Å². The van der Waals surface area contributed by atoms with Crippen LogP contribution in [-0.4, -0.2) is 11.9 Å².